The maximum absolute atomic E-state index is 10.5. The smallest absolute Gasteiger partial charge is 0.304 e. The fourth-order valence-electron chi connectivity index (χ4n) is 0.944. The highest BCUT2D eigenvalue weighted by atomic mass is 32.2. The summed E-state index contributed by atoms with van der Waals surface area (Å²) in [6.45, 7) is 8.56. The molecule has 0 bridgehead atoms. The van der Waals surface area contributed by atoms with E-state index in [9.17, 15) is 4.79 Å². The van der Waals surface area contributed by atoms with Gasteiger partial charge in [0.25, 0.3) is 0 Å². The molecule has 0 aromatic rings. The summed E-state index contributed by atoms with van der Waals surface area (Å²) in [5.41, 5.74) is 0. The Morgan fingerprint density at radius 2 is 1.92 bits per heavy atom. The largest absolute Gasteiger partial charge is 0.481 e. The van der Waals surface area contributed by atoms with E-state index >= 15 is 0 Å². The van der Waals surface area contributed by atoms with E-state index in [1.165, 1.54) is 0 Å². The van der Waals surface area contributed by atoms with Gasteiger partial charge in [-0.05, 0) is 12.3 Å². The lowest BCUT2D eigenvalue weighted by Gasteiger charge is -2.20. The maximum Gasteiger partial charge on any atom is 0.304 e. The van der Waals surface area contributed by atoms with Crippen LogP contribution in [0, 0.1) is 5.92 Å². The van der Waals surface area contributed by atoms with Gasteiger partial charge < -0.3 is 5.11 Å². The molecule has 0 aliphatic rings. The highest BCUT2D eigenvalue weighted by Crippen LogP contribution is 2.27. The van der Waals surface area contributed by atoms with Gasteiger partial charge in [-0.3, -0.25) is 4.79 Å². The zero-order valence-corrected chi connectivity index (χ0v) is 9.73. The van der Waals surface area contributed by atoms with Crippen LogP contribution in [0.5, 0.6) is 0 Å². The van der Waals surface area contributed by atoms with Crippen molar-refractivity contribution in [1.82, 2.24) is 0 Å². The molecule has 0 radical (unpaired) electrons. The molecule has 0 aliphatic carbocycles. The molecule has 0 amide bonds. The van der Waals surface area contributed by atoms with Crippen molar-refractivity contribution in [2.75, 3.05) is 0 Å². The molecule has 0 fully saturated rings. The van der Waals surface area contributed by atoms with Gasteiger partial charge in [-0.2, -0.15) is 11.8 Å². The maximum atomic E-state index is 10.5. The zero-order chi connectivity index (χ0) is 10.4. The van der Waals surface area contributed by atoms with Crippen LogP contribution in [-0.2, 0) is 4.79 Å². The Morgan fingerprint density at radius 1 is 1.38 bits per heavy atom. The second kappa shape index (κ2) is 6.30. The Balaban J connectivity index is 3.90. The summed E-state index contributed by atoms with van der Waals surface area (Å²) in [6, 6.07) is 0. The molecule has 13 heavy (non-hydrogen) atoms. The van der Waals surface area contributed by atoms with Crippen LogP contribution < -0.4 is 0 Å². The van der Waals surface area contributed by atoms with Crippen molar-refractivity contribution in [3.63, 3.8) is 0 Å². The van der Waals surface area contributed by atoms with E-state index in [0.29, 0.717) is 11.2 Å². The molecule has 2 nitrogen and oxygen atoms in total. The van der Waals surface area contributed by atoms with Crippen molar-refractivity contribution in [3.8, 4) is 0 Å². The quantitative estimate of drug-likeness (QED) is 0.722. The Bertz CT molecular complexity index is 157. The molecule has 0 aromatic heterocycles. The molecule has 0 aromatic carbocycles. The van der Waals surface area contributed by atoms with Gasteiger partial charge in [0.15, 0.2) is 0 Å². The lowest BCUT2D eigenvalue weighted by Crippen LogP contribution is -2.15. The van der Waals surface area contributed by atoms with Crippen LogP contribution in [0.1, 0.15) is 40.5 Å². The highest BCUT2D eigenvalue weighted by Gasteiger charge is 2.17. The van der Waals surface area contributed by atoms with E-state index in [-0.39, 0.29) is 11.7 Å². The van der Waals surface area contributed by atoms with E-state index in [0.717, 1.165) is 6.42 Å². The molecule has 2 atom stereocenters. The summed E-state index contributed by atoms with van der Waals surface area (Å²) in [7, 11) is 0. The van der Waals surface area contributed by atoms with Gasteiger partial charge in [0.1, 0.15) is 0 Å². The van der Waals surface area contributed by atoms with E-state index < -0.39 is 5.97 Å². The molecular formula is C10H20O2S. The predicted molar refractivity (Wildman–Crippen MR) is 58.2 cm³/mol. The Labute approximate surface area is 85.1 Å². The first-order valence-electron chi connectivity index (χ1n) is 4.84. The highest BCUT2D eigenvalue weighted by molar-refractivity contribution is 8.00. The van der Waals surface area contributed by atoms with Gasteiger partial charge in [-0.1, -0.05) is 27.7 Å². The molecule has 2 unspecified atom stereocenters. The van der Waals surface area contributed by atoms with E-state index in [2.05, 4.69) is 20.8 Å². The van der Waals surface area contributed by atoms with Crippen molar-refractivity contribution >= 4 is 17.7 Å². The van der Waals surface area contributed by atoms with Crippen LogP contribution in [0.25, 0.3) is 0 Å². The summed E-state index contributed by atoms with van der Waals surface area (Å²) in [4.78, 5) is 10.5. The number of carboxylic acid groups (broad SMARTS) is 1. The van der Waals surface area contributed by atoms with Crippen LogP contribution in [-0.4, -0.2) is 21.6 Å². The average molecular weight is 204 g/mol. The first kappa shape index (κ1) is 12.8. The van der Waals surface area contributed by atoms with Crippen LogP contribution >= 0.6 is 11.8 Å². The Kier molecular flexibility index (Phi) is 6.21. The number of carboxylic acids is 1. The second-order valence-corrected chi connectivity index (χ2v) is 5.40. The Hall–Kier alpha value is -0.180. The summed E-state index contributed by atoms with van der Waals surface area (Å²) in [5, 5.41) is 9.47. The first-order valence-corrected chi connectivity index (χ1v) is 5.78. The molecule has 0 aliphatic heterocycles. The molecule has 0 spiro atoms. The Morgan fingerprint density at radius 3 is 2.23 bits per heavy atom. The van der Waals surface area contributed by atoms with Crippen molar-refractivity contribution in [2.24, 2.45) is 5.92 Å². The monoisotopic (exact) mass is 204 g/mol. The summed E-state index contributed by atoms with van der Waals surface area (Å²) < 4.78 is 0. The molecule has 78 valence electrons. The summed E-state index contributed by atoms with van der Waals surface area (Å²) >= 11 is 1.80. The third kappa shape index (κ3) is 5.97. The van der Waals surface area contributed by atoms with Gasteiger partial charge in [-0.25, -0.2) is 0 Å². The molecule has 0 rings (SSSR count). The van der Waals surface area contributed by atoms with Gasteiger partial charge >= 0.3 is 5.97 Å². The third-order valence-electron chi connectivity index (χ3n) is 2.20. The van der Waals surface area contributed by atoms with E-state index in [4.69, 9.17) is 5.11 Å². The summed E-state index contributed by atoms with van der Waals surface area (Å²) in [5.74, 6) is -0.0665. The van der Waals surface area contributed by atoms with Crippen molar-refractivity contribution in [2.45, 2.75) is 51.0 Å². The van der Waals surface area contributed by atoms with Gasteiger partial charge in [0.05, 0.1) is 6.42 Å². The van der Waals surface area contributed by atoms with Crippen molar-refractivity contribution in [1.29, 1.82) is 0 Å². The van der Waals surface area contributed by atoms with E-state index in [1.807, 2.05) is 6.92 Å². The fraction of sp³-hybridized carbons (Fsp3) is 0.900. The molecule has 0 saturated carbocycles. The second-order valence-electron chi connectivity index (χ2n) is 3.71. The van der Waals surface area contributed by atoms with Crippen molar-refractivity contribution < 1.29 is 9.90 Å². The molecular weight excluding hydrogens is 184 g/mol. The van der Waals surface area contributed by atoms with Gasteiger partial charge in [-0.15, -0.1) is 0 Å². The minimum atomic E-state index is -0.685. The van der Waals surface area contributed by atoms with Crippen LogP contribution in [0.2, 0.25) is 0 Å². The van der Waals surface area contributed by atoms with Crippen molar-refractivity contribution in [3.05, 3.63) is 0 Å². The minimum Gasteiger partial charge on any atom is -0.481 e. The third-order valence-corrected chi connectivity index (χ3v) is 4.06. The van der Waals surface area contributed by atoms with Crippen LogP contribution in [0.4, 0.5) is 0 Å². The van der Waals surface area contributed by atoms with E-state index in [1.54, 1.807) is 11.8 Å². The van der Waals surface area contributed by atoms with Gasteiger partial charge in [0.2, 0.25) is 0 Å². The summed E-state index contributed by atoms with van der Waals surface area (Å²) in [6.07, 6.45) is 1.23. The molecule has 0 heterocycles. The topological polar surface area (TPSA) is 37.3 Å². The minimum absolute atomic E-state index is 0.273. The van der Waals surface area contributed by atoms with Gasteiger partial charge in [0, 0.05) is 10.5 Å². The lowest BCUT2D eigenvalue weighted by molar-refractivity contribution is -0.136. The first-order chi connectivity index (χ1) is 5.97. The zero-order valence-electron chi connectivity index (χ0n) is 8.91. The van der Waals surface area contributed by atoms with Crippen LogP contribution in [0.15, 0.2) is 0 Å². The number of rotatable bonds is 6. The van der Waals surface area contributed by atoms with Crippen LogP contribution in [0.3, 0.4) is 0 Å². The number of hydrogen-bond acceptors (Lipinski definition) is 2. The number of thioether (sulfide) groups is 1. The number of aliphatic carboxylic acids is 1. The molecule has 3 heteroatoms. The predicted octanol–water partition coefficient (Wildman–Crippen LogP) is 3.02. The molecule has 1 N–H and O–H groups in total. The number of hydrogen-bond donors (Lipinski definition) is 1. The fourth-order valence-corrected chi connectivity index (χ4v) is 2.30. The molecule has 0 saturated heterocycles. The number of carbonyl (C=O) groups is 1. The lowest BCUT2D eigenvalue weighted by atomic mass is 10.2. The standard InChI is InChI=1S/C10H20O2S/c1-5-9(6-10(11)12)13-8(4)7(2)3/h7-9H,5-6H2,1-4H3,(H,11,12). The normalized spacial score (nSPS) is 15.8. The average Bonchev–Trinajstić information content (AvgIpc) is 2.02. The SMILES string of the molecule is CCC(CC(=O)O)SC(C)C(C)C.